The SMILES string of the molecule is COC[C@@H]1C[C@@H](OC)CN1C(=O)COc1ccc2c(c1)CCC2. The van der Waals surface area contributed by atoms with E-state index in [1.54, 1.807) is 14.2 Å². The molecule has 0 unspecified atom stereocenters. The van der Waals surface area contributed by atoms with Gasteiger partial charge >= 0.3 is 0 Å². The molecule has 1 amide bonds. The van der Waals surface area contributed by atoms with Gasteiger partial charge in [-0.15, -0.1) is 0 Å². The fourth-order valence-corrected chi connectivity index (χ4v) is 3.57. The normalized spacial score (nSPS) is 23.1. The topological polar surface area (TPSA) is 48.0 Å². The van der Waals surface area contributed by atoms with Crippen LogP contribution in [-0.2, 0) is 27.1 Å². The van der Waals surface area contributed by atoms with Crippen molar-refractivity contribution in [2.75, 3.05) is 34.0 Å². The number of carbonyl (C=O) groups excluding carboxylic acids is 1. The van der Waals surface area contributed by atoms with E-state index in [0.29, 0.717) is 13.2 Å². The van der Waals surface area contributed by atoms with Gasteiger partial charge in [0, 0.05) is 20.8 Å². The van der Waals surface area contributed by atoms with E-state index < -0.39 is 0 Å². The lowest BCUT2D eigenvalue weighted by molar-refractivity contribution is -0.135. The molecular formula is C18H25NO4. The second-order valence-electron chi connectivity index (χ2n) is 6.32. The number of fused-ring (bicyclic) bond motifs is 1. The van der Waals surface area contributed by atoms with E-state index in [2.05, 4.69) is 12.1 Å². The van der Waals surface area contributed by atoms with E-state index in [1.165, 1.54) is 17.5 Å². The molecule has 1 aliphatic carbocycles. The third-order valence-electron chi connectivity index (χ3n) is 4.82. The summed E-state index contributed by atoms with van der Waals surface area (Å²) in [5.74, 6) is 0.775. The smallest absolute Gasteiger partial charge is 0.260 e. The van der Waals surface area contributed by atoms with Gasteiger partial charge in [0.25, 0.3) is 5.91 Å². The highest BCUT2D eigenvalue weighted by Gasteiger charge is 2.35. The summed E-state index contributed by atoms with van der Waals surface area (Å²) in [4.78, 5) is 14.3. The first-order chi connectivity index (χ1) is 11.2. The summed E-state index contributed by atoms with van der Waals surface area (Å²) in [5.41, 5.74) is 2.76. The predicted molar refractivity (Wildman–Crippen MR) is 86.8 cm³/mol. The third kappa shape index (κ3) is 3.67. The zero-order chi connectivity index (χ0) is 16.2. The van der Waals surface area contributed by atoms with E-state index in [-0.39, 0.29) is 24.7 Å². The molecule has 0 saturated carbocycles. The molecule has 5 heteroatoms. The van der Waals surface area contributed by atoms with Crippen molar-refractivity contribution in [1.82, 2.24) is 4.90 Å². The van der Waals surface area contributed by atoms with Gasteiger partial charge in [-0.05, 0) is 48.9 Å². The summed E-state index contributed by atoms with van der Waals surface area (Å²) in [5, 5.41) is 0. The first kappa shape index (κ1) is 16.3. The minimum Gasteiger partial charge on any atom is -0.484 e. The van der Waals surface area contributed by atoms with E-state index in [9.17, 15) is 4.79 Å². The Balaban J connectivity index is 1.58. The van der Waals surface area contributed by atoms with Crippen LogP contribution >= 0.6 is 0 Å². The summed E-state index contributed by atoms with van der Waals surface area (Å²) in [7, 11) is 3.34. The van der Waals surface area contributed by atoms with Gasteiger partial charge in [0.15, 0.2) is 6.61 Å². The van der Waals surface area contributed by atoms with Crippen molar-refractivity contribution < 1.29 is 19.0 Å². The average Bonchev–Trinajstić information content (AvgIpc) is 3.18. The van der Waals surface area contributed by atoms with Crippen molar-refractivity contribution in [3.8, 4) is 5.75 Å². The largest absolute Gasteiger partial charge is 0.484 e. The minimum absolute atomic E-state index is 0.00732. The number of methoxy groups -OCH3 is 2. The molecule has 1 heterocycles. The van der Waals surface area contributed by atoms with E-state index >= 15 is 0 Å². The van der Waals surface area contributed by atoms with E-state index in [4.69, 9.17) is 14.2 Å². The quantitative estimate of drug-likeness (QED) is 0.802. The van der Waals surface area contributed by atoms with Crippen molar-refractivity contribution in [2.24, 2.45) is 0 Å². The van der Waals surface area contributed by atoms with Gasteiger partial charge in [-0.3, -0.25) is 4.79 Å². The second kappa shape index (κ2) is 7.32. The second-order valence-corrected chi connectivity index (χ2v) is 6.32. The van der Waals surface area contributed by atoms with Crippen LogP contribution in [0.1, 0.15) is 24.0 Å². The molecule has 1 aromatic carbocycles. The molecule has 2 aliphatic rings. The zero-order valence-electron chi connectivity index (χ0n) is 13.9. The van der Waals surface area contributed by atoms with Crippen LogP contribution in [0.4, 0.5) is 0 Å². The lowest BCUT2D eigenvalue weighted by atomic mass is 10.1. The highest BCUT2D eigenvalue weighted by atomic mass is 16.5. The van der Waals surface area contributed by atoms with Crippen LogP contribution < -0.4 is 4.74 Å². The van der Waals surface area contributed by atoms with Crippen LogP contribution in [0.25, 0.3) is 0 Å². The molecule has 2 atom stereocenters. The van der Waals surface area contributed by atoms with Crippen LogP contribution in [0.5, 0.6) is 5.75 Å². The number of aryl methyl sites for hydroxylation is 2. The minimum atomic E-state index is -0.00732. The fraction of sp³-hybridized carbons (Fsp3) is 0.611. The van der Waals surface area contributed by atoms with Crippen molar-refractivity contribution in [3.05, 3.63) is 29.3 Å². The number of benzene rings is 1. The number of rotatable bonds is 6. The number of ether oxygens (including phenoxy) is 3. The van der Waals surface area contributed by atoms with Crippen LogP contribution in [0.3, 0.4) is 0 Å². The van der Waals surface area contributed by atoms with Gasteiger partial charge in [-0.1, -0.05) is 6.07 Å². The highest BCUT2D eigenvalue weighted by molar-refractivity contribution is 5.78. The van der Waals surface area contributed by atoms with Crippen LogP contribution in [0.2, 0.25) is 0 Å². The molecule has 0 aromatic heterocycles. The molecule has 0 spiro atoms. The summed E-state index contributed by atoms with van der Waals surface area (Å²) in [6, 6.07) is 6.23. The van der Waals surface area contributed by atoms with E-state index in [0.717, 1.165) is 25.0 Å². The Morgan fingerprint density at radius 1 is 1.26 bits per heavy atom. The molecule has 0 N–H and O–H groups in total. The third-order valence-corrected chi connectivity index (χ3v) is 4.82. The highest BCUT2D eigenvalue weighted by Crippen LogP contribution is 2.26. The Bertz CT molecular complexity index is 560. The number of hydrogen-bond acceptors (Lipinski definition) is 4. The molecule has 1 fully saturated rings. The first-order valence-electron chi connectivity index (χ1n) is 8.27. The van der Waals surface area contributed by atoms with Gasteiger partial charge in [-0.2, -0.15) is 0 Å². The number of hydrogen-bond donors (Lipinski definition) is 0. The fourth-order valence-electron chi connectivity index (χ4n) is 3.57. The number of amides is 1. The van der Waals surface area contributed by atoms with Gasteiger partial charge in [-0.25, -0.2) is 0 Å². The average molecular weight is 319 g/mol. The zero-order valence-corrected chi connectivity index (χ0v) is 13.9. The van der Waals surface area contributed by atoms with Crippen LogP contribution in [0, 0.1) is 0 Å². The number of nitrogens with zero attached hydrogens (tertiary/aromatic N) is 1. The molecule has 0 bridgehead atoms. The summed E-state index contributed by atoms with van der Waals surface area (Å²) >= 11 is 0. The van der Waals surface area contributed by atoms with Crippen LogP contribution in [-0.4, -0.2) is 56.9 Å². The summed E-state index contributed by atoms with van der Waals surface area (Å²) in [6.45, 7) is 1.21. The first-order valence-corrected chi connectivity index (χ1v) is 8.27. The molecule has 0 radical (unpaired) electrons. The molecule has 1 aromatic rings. The lowest BCUT2D eigenvalue weighted by Crippen LogP contribution is -2.41. The van der Waals surface area contributed by atoms with Crippen molar-refractivity contribution in [2.45, 2.75) is 37.8 Å². The summed E-state index contributed by atoms with van der Waals surface area (Å²) < 4.78 is 16.3. The Labute approximate surface area is 137 Å². The molecule has 126 valence electrons. The van der Waals surface area contributed by atoms with Crippen LogP contribution in [0.15, 0.2) is 18.2 Å². The maximum Gasteiger partial charge on any atom is 0.260 e. The monoisotopic (exact) mass is 319 g/mol. The maximum absolute atomic E-state index is 12.5. The standard InChI is InChI=1S/C18H25NO4/c1-21-11-15-9-17(22-2)10-19(15)18(20)12-23-16-7-6-13-4-3-5-14(13)8-16/h6-8,15,17H,3-5,9-12H2,1-2H3/t15-,17+/m0/s1. The van der Waals surface area contributed by atoms with E-state index in [1.807, 2.05) is 11.0 Å². The molecule has 1 saturated heterocycles. The molecular weight excluding hydrogens is 294 g/mol. The number of carbonyl (C=O) groups is 1. The molecule has 5 nitrogen and oxygen atoms in total. The Morgan fingerprint density at radius 2 is 2.09 bits per heavy atom. The lowest BCUT2D eigenvalue weighted by Gasteiger charge is -2.23. The Hall–Kier alpha value is -1.59. The predicted octanol–water partition coefficient (Wildman–Crippen LogP) is 1.82. The maximum atomic E-state index is 12.5. The Morgan fingerprint density at radius 3 is 2.87 bits per heavy atom. The van der Waals surface area contributed by atoms with Crippen molar-refractivity contribution in [1.29, 1.82) is 0 Å². The molecule has 3 rings (SSSR count). The van der Waals surface area contributed by atoms with Gasteiger partial charge in [0.1, 0.15) is 5.75 Å². The Kier molecular flexibility index (Phi) is 5.18. The van der Waals surface area contributed by atoms with Crippen molar-refractivity contribution >= 4 is 5.91 Å². The van der Waals surface area contributed by atoms with Crippen molar-refractivity contribution in [3.63, 3.8) is 0 Å². The number of likely N-dealkylation sites (tertiary alicyclic amines) is 1. The molecule has 1 aliphatic heterocycles. The van der Waals surface area contributed by atoms with Gasteiger partial charge in [0.05, 0.1) is 18.8 Å². The van der Waals surface area contributed by atoms with Gasteiger partial charge < -0.3 is 19.1 Å². The summed E-state index contributed by atoms with van der Waals surface area (Å²) in [6.07, 6.45) is 4.37. The van der Waals surface area contributed by atoms with Gasteiger partial charge in [0.2, 0.25) is 0 Å². The molecule has 23 heavy (non-hydrogen) atoms.